The number of hydrogen-bond acceptors (Lipinski definition) is 6. The average molecular weight is 288 g/mol. The van der Waals surface area contributed by atoms with Gasteiger partial charge in [-0.15, -0.1) is 0 Å². The maximum Gasteiger partial charge on any atom is 0.270 e. The largest absolute Gasteiger partial charge is 0.474 e. The Kier molecular flexibility index (Phi) is 3.66. The first-order valence-electron chi connectivity index (χ1n) is 6.88. The minimum absolute atomic E-state index is 0.0174. The second-order valence-electron chi connectivity index (χ2n) is 5.27. The number of benzene rings is 1. The second kappa shape index (κ2) is 5.61. The molecule has 1 saturated carbocycles. The van der Waals surface area contributed by atoms with Crippen molar-refractivity contribution in [2.75, 3.05) is 13.6 Å². The fourth-order valence-corrected chi connectivity index (χ4v) is 2.61. The van der Waals surface area contributed by atoms with E-state index < -0.39 is 4.92 Å². The number of nitro benzene ring substituents is 1. The van der Waals surface area contributed by atoms with Crippen molar-refractivity contribution in [3.05, 3.63) is 34.6 Å². The highest BCUT2D eigenvalue weighted by Gasteiger charge is 2.31. The summed E-state index contributed by atoms with van der Waals surface area (Å²) < 4.78 is 5.87. The van der Waals surface area contributed by atoms with E-state index in [4.69, 9.17) is 4.74 Å². The number of nitrogens with one attached hydrogen (secondary N) is 1. The first-order chi connectivity index (χ1) is 10.2. The standard InChI is InChI=1S/C14H16N4O3/c1-15-7-9-4-11(5-9)21-14-12-6-10(18(19)20)2-3-13(12)16-8-17-14/h2-3,6,8-9,11,15H,4-5,7H2,1H3. The summed E-state index contributed by atoms with van der Waals surface area (Å²) in [6.07, 6.45) is 3.50. The number of fused-ring (bicyclic) bond motifs is 1. The molecule has 1 heterocycles. The first kappa shape index (κ1) is 13.7. The number of hydrogen-bond donors (Lipinski definition) is 1. The van der Waals surface area contributed by atoms with Crippen LogP contribution >= 0.6 is 0 Å². The fraction of sp³-hybridized carbons (Fsp3) is 0.429. The molecule has 0 unspecified atom stereocenters. The summed E-state index contributed by atoms with van der Waals surface area (Å²) in [4.78, 5) is 18.7. The molecule has 0 spiro atoms. The third-order valence-electron chi connectivity index (χ3n) is 3.76. The summed E-state index contributed by atoms with van der Waals surface area (Å²) in [5.74, 6) is 1.05. The molecular weight excluding hydrogens is 272 g/mol. The third-order valence-corrected chi connectivity index (χ3v) is 3.76. The van der Waals surface area contributed by atoms with Gasteiger partial charge in [0, 0.05) is 12.1 Å². The number of nitrogens with zero attached hydrogens (tertiary/aromatic N) is 3. The van der Waals surface area contributed by atoms with Gasteiger partial charge in [0.15, 0.2) is 0 Å². The topological polar surface area (TPSA) is 90.2 Å². The summed E-state index contributed by atoms with van der Waals surface area (Å²) in [7, 11) is 1.94. The molecule has 1 fully saturated rings. The predicted molar refractivity (Wildman–Crippen MR) is 77.3 cm³/mol. The van der Waals surface area contributed by atoms with Gasteiger partial charge in [0.25, 0.3) is 5.69 Å². The van der Waals surface area contributed by atoms with E-state index in [0.29, 0.717) is 22.7 Å². The first-order valence-corrected chi connectivity index (χ1v) is 6.88. The van der Waals surface area contributed by atoms with Crippen LogP contribution in [-0.4, -0.2) is 34.6 Å². The lowest BCUT2D eigenvalue weighted by Gasteiger charge is -2.34. The number of ether oxygens (including phenoxy) is 1. The number of rotatable bonds is 5. The highest BCUT2D eigenvalue weighted by molar-refractivity contribution is 5.85. The number of aromatic nitrogens is 2. The van der Waals surface area contributed by atoms with Gasteiger partial charge in [-0.3, -0.25) is 10.1 Å². The van der Waals surface area contributed by atoms with Crippen LogP contribution in [0.25, 0.3) is 10.9 Å². The van der Waals surface area contributed by atoms with Gasteiger partial charge in [-0.1, -0.05) is 0 Å². The van der Waals surface area contributed by atoms with E-state index in [0.717, 1.165) is 19.4 Å². The minimum atomic E-state index is -0.428. The Morgan fingerprint density at radius 1 is 1.43 bits per heavy atom. The van der Waals surface area contributed by atoms with E-state index >= 15 is 0 Å². The molecule has 2 aromatic rings. The molecule has 0 saturated heterocycles. The number of nitro groups is 1. The van der Waals surface area contributed by atoms with Gasteiger partial charge in [-0.05, 0) is 38.4 Å². The highest BCUT2D eigenvalue weighted by Crippen LogP contribution is 2.33. The van der Waals surface area contributed by atoms with Crippen LogP contribution in [0.5, 0.6) is 5.88 Å². The third kappa shape index (κ3) is 2.78. The monoisotopic (exact) mass is 288 g/mol. The molecule has 7 nitrogen and oxygen atoms in total. The van der Waals surface area contributed by atoms with Crippen LogP contribution in [0, 0.1) is 16.0 Å². The molecule has 0 aliphatic heterocycles. The van der Waals surface area contributed by atoms with Crippen molar-refractivity contribution in [2.24, 2.45) is 5.92 Å². The average Bonchev–Trinajstić information content (AvgIpc) is 2.44. The van der Waals surface area contributed by atoms with E-state index in [9.17, 15) is 10.1 Å². The molecule has 3 rings (SSSR count). The Bertz CT molecular complexity index is 670. The van der Waals surface area contributed by atoms with Gasteiger partial charge in [0.2, 0.25) is 5.88 Å². The van der Waals surface area contributed by atoms with Crippen LogP contribution < -0.4 is 10.1 Å². The highest BCUT2D eigenvalue weighted by atomic mass is 16.6. The lowest BCUT2D eigenvalue weighted by atomic mass is 9.82. The molecule has 1 aromatic heterocycles. The SMILES string of the molecule is CNCC1CC(Oc2ncnc3ccc([N+](=O)[O-])cc23)C1. The summed E-state index contributed by atoms with van der Waals surface area (Å²) >= 11 is 0. The molecule has 1 aliphatic rings. The summed E-state index contributed by atoms with van der Waals surface area (Å²) in [5.41, 5.74) is 0.667. The lowest BCUT2D eigenvalue weighted by Crippen LogP contribution is -2.38. The van der Waals surface area contributed by atoms with Crippen LogP contribution in [0.3, 0.4) is 0 Å². The molecule has 1 N–H and O–H groups in total. The van der Waals surface area contributed by atoms with Crippen molar-refractivity contribution >= 4 is 16.6 Å². The molecule has 0 atom stereocenters. The molecule has 7 heteroatoms. The van der Waals surface area contributed by atoms with E-state index in [1.165, 1.54) is 18.5 Å². The molecular formula is C14H16N4O3. The number of non-ortho nitro benzene ring substituents is 1. The normalized spacial score (nSPS) is 21.0. The van der Waals surface area contributed by atoms with Gasteiger partial charge < -0.3 is 10.1 Å². The van der Waals surface area contributed by atoms with Crippen molar-refractivity contribution in [1.82, 2.24) is 15.3 Å². The summed E-state index contributed by atoms with van der Waals surface area (Å²) in [6, 6.07) is 4.52. The Morgan fingerprint density at radius 2 is 2.24 bits per heavy atom. The maximum atomic E-state index is 10.9. The van der Waals surface area contributed by atoms with E-state index in [-0.39, 0.29) is 11.8 Å². The van der Waals surface area contributed by atoms with Gasteiger partial charge in [0.05, 0.1) is 15.8 Å². The molecule has 0 bridgehead atoms. The van der Waals surface area contributed by atoms with Crippen molar-refractivity contribution in [3.8, 4) is 5.88 Å². The van der Waals surface area contributed by atoms with Crippen LogP contribution in [0.1, 0.15) is 12.8 Å². The fourth-order valence-electron chi connectivity index (χ4n) is 2.61. The van der Waals surface area contributed by atoms with Gasteiger partial charge in [-0.25, -0.2) is 9.97 Å². The van der Waals surface area contributed by atoms with Crippen LogP contribution in [0.15, 0.2) is 24.5 Å². The Hall–Kier alpha value is -2.28. The van der Waals surface area contributed by atoms with Gasteiger partial charge in [0.1, 0.15) is 12.4 Å². The Morgan fingerprint density at radius 3 is 2.95 bits per heavy atom. The molecule has 1 aliphatic carbocycles. The van der Waals surface area contributed by atoms with E-state index in [2.05, 4.69) is 15.3 Å². The molecule has 0 radical (unpaired) electrons. The quantitative estimate of drug-likeness (QED) is 0.667. The Balaban J connectivity index is 1.82. The van der Waals surface area contributed by atoms with Crippen LogP contribution in [0.4, 0.5) is 5.69 Å². The minimum Gasteiger partial charge on any atom is -0.474 e. The Labute approximate surface area is 121 Å². The van der Waals surface area contributed by atoms with Crippen molar-refractivity contribution in [3.63, 3.8) is 0 Å². The zero-order valence-corrected chi connectivity index (χ0v) is 11.7. The van der Waals surface area contributed by atoms with Crippen LogP contribution in [-0.2, 0) is 0 Å². The van der Waals surface area contributed by atoms with Crippen molar-refractivity contribution in [2.45, 2.75) is 18.9 Å². The van der Waals surface area contributed by atoms with Crippen molar-refractivity contribution in [1.29, 1.82) is 0 Å². The van der Waals surface area contributed by atoms with Gasteiger partial charge in [-0.2, -0.15) is 0 Å². The van der Waals surface area contributed by atoms with Crippen LogP contribution in [0.2, 0.25) is 0 Å². The molecule has 0 amide bonds. The smallest absolute Gasteiger partial charge is 0.270 e. The zero-order valence-electron chi connectivity index (χ0n) is 11.7. The van der Waals surface area contributed by atoms with Crippen molar-refractivity contribution < 1.29 is 9.66 Å². The molecule has 1 aromatic carbocycles. The summed E-state index contributed by atoms with van der Waals surface area (Å²) in [5, 5.41) is 14.6. The van der Waals surface area contributed by atoms with Gasteiger partial charge >= 0.3 is 0 Å². The zero-order chi connectivity index (χ0) is 14.8. The second-order valence-corrected chi connectivity index (χ2v) is 5.27. The van der Waals surface area contributed by atoms with E-state index in [1.54, 1.807) is 6.07 Å². The van der Waals surface area contributed by atoms with E-state index in [1.807, 2.05) is 7.05 Å². The molecule has 21 heavy (non-hydrogen) atoms. The lowest BCUT2D eigenvalue weighted by molar-refractivity contribution is -0.384. The predicted octanol–water partition coefficient (Wildman–Crippen LogP) is 1.91. The summed E-state index contributed by atoms with van der Waals surface area (Å²) in [6.45, 7) is 0.982. The molecule has 110 valence electrons. The maximum absolute atomic E-state index is 10.9.